The van der Waals surface area contributed by atoms with Crippen molar-refractivity contribution in [1.82, 2.24) is 5.32 Å². The van der Waals surface area contributed by atoms with Crippen LogP contribution < -0.4 is 5.32 Å². The van der Waals surface area contributed by atoms with Gasteiger partial charge in [0.1, 0.15) is 0 Å². The summed E-state index contributed by atoms with van der Waals surface area (Å²) in [5.74, 6) is 0. The van der Waals surface area contributed by atoms with Crippen molar-refractivity contribution < 1.29 is 10.0 Å². The minimum atomic E-state index is -0.355. The molecule has 0 saturated carbocycles. The lowest BCUT2D eigenvalue weighted by Crippen LogP contribution is -2.30. The maximum Gasteiger partial charge on any atom is 0.278 e. The number of para-hydroxylation sites is 1. The average Bonchev–Trinajstić information content (AvgIpc) is 2.97. The second-order valence-corrected chi connectivity index (χ2v) is 5.88. The van der Waals surface area contributed by atoms with Crippen LogP contribution in [0.15, 0.2) is 36.4 Å². The predicted molar refractivity (Wildman–Crippen MR) is 84.4 cm³/mol. The SMILES string of the molecule is CCC(CO)NCc1ccc(-c2ccccc2[N+](=O)[O-])s1. The molecule has 1 aromatic heterocycles. The molecule has 2 aromatic rings. The van der Waals surface area contributed by atoms with Crippen LogP contribution in [0.1, 0.15) is 18.2 Å². The van der Waals surface area contributed by atoms with Gasteiger partial charge >= 0.3 is 0 Å². The Morgan fingerprint density at radius 1 is 1.33 bits per heavy atom. The van der Waals surface area contributed by atoms with E-state index in [0.717, 1.165) is 16.2 Å². The summed E-state index contributed by atoms with van der Waals surface area (Å²) in [6.45, 7) is 2.78. The molecule has 1 heterocycles. The van der Waals surface area contributed by atoms with E-state index in [-0.39, 0.29) is 23.3 Å². The Labute approximate surface area is 127 Å². The van der Waals surface area contributed by atoms with Crippen LogP contribution in [0.4, 0.5) is 5.69 Å². The molecule has 0 spiro atoms. The van der Waals surface area contributed by atoms with Crippen molar-refractivity contribution in [3.63, 3.8) is 0 Å². The second kappa shape index (κ2) is 7.31. The van der Waals surface area contributed by atoms with Crippen LogP contribution in [0.3, 0.4) is 0 Å². The molecular formula is C15H18N2O3S. The number of nitrogens with one attached hydrogen (secondary N) is 1. The molecule has 2 rings (SSSR count). The molecule has 0 saturated heterocycles. The first-order chi connectivity index (χ1) is 10.2. The first kappa shape index (κ1) is 15.6. The average molecular weight is 306 g/mol. The molecule has 0 aliphatic heterocycles. The van der Waals surface area contributed by atoms with E-state index in [4.69, 9.17) is 5.11 Å². The summed E-state index contributed by atoms with van der Waals surface area (Å²) < 4.78 is 0. The third-order valence-corrected chi connectivity index (χ3v) is 4.42. The van der Waals surface area contributed by atoms with Gasteiger partial charge in [-0.2, -0.15) is 0 Å². The Morgan fingerprint density at radius 3 is 2.76 bits per heavy atom. The van der Waals surface area contributed by atoms with Crippen molar-refractivity contribution >= 4 is 17.0 Å². The normalized spacial score (nSPS) is 12.3. The number of nitrogens with zero attached hydrogens (tertiary/aromatic N) is 1. The Bertz CT molecular complexity index is 608. The molecule has 1 aromatic carbocycles. The molecule has 0 bridgehead atoms. The quantitative estimate of drug-likeness (QED) is 0.608. The van der Waals surface area contributed by atoms with Crippen LogP contribution in [0, 0.1) is 10.1 Å². The van der Waals surface area contributed by atoms with Gasteiger partial charge in [0.25, 0.3) is 5.69 Å². The molecular weight excluding hydrogens is 288 g/mol. The van der Waals surface area contributed by atoms with E-state index >= 15 is 0 Å². The molecule has 112 valence electrons. The largest absolute Gasteiger partial charge is 0.395 e. The van der Waals surface area contributed by atoms with Crippen molar-refractivity contribution in [3.05, 3.63) is 51.4 Å². The third-order valence-electron chi connectivity index (χ3n) is 3.31. The van der Waals surface area contributed by atoms with Crippen molar-refractivity contribution in [1.29, 1.82) is 0 Å². The number of aliphatic hydroxyl groups is 1. The van der Waals surface area contributed by atoms with Crippen molar-refractivity contribution in [3.8, 4) is 10.4 Å². The molecule has 0 aliphatic rings. The van der Waals surface area contributed by atoms with Gasteiger partial charge in [-0.05, 0) is 24.6 Å². The van der Waals surface area contributed by atoms with E-state index in [1.54, 1.807) is 18.2 Å². The van der Waals surface area contributed by atoms with Crippen LogP contribution in [0.25, 0.3) is 10.4 Å². The van der Waals surface area contributed by atoms with Gasteiger partial charge in [-0.15, -0.1) is 11.3 Å². The van der Waals surface area contributed by atoms with Gasteiger partial charge in [-0.1, -0.05) is 19.1 Å². The van der Waals surface area contributed by atoms with E-state index in [1.165, 1.54) is 17.4 Å². The van der Waals surface area contributed by atoms with Gasteiger partial charge in [0.05, 0.1) is 17.1 Å². The maximum atomic E-state index is 11.1. The smallest absolute Gasteiger partial charge is 0.278 e. The number of hydrogen-bond donors (Lipinski definition) is 2. The number of hydrogen-bond acceptors (Lipinski definition) is 5. The number of nitro benzene ring substituents is 1. The fourth-order valence-corrected chi connectivity index (χ4v) is 3.03. The molecule has 2 N–H and O–H groups in total. The van der Waals surface area contributed by atoms with Gasteiger partial charge in [0.2, 0.25) is 0 Å². The molecule has 1 unspecified atom stereocenters. The first-order valence-corrected chi connectivity index (χ1v) is 7.64. The first-order valence-electron chi connectivity index (χ1n) is 6.82. The van der Waals surface area contributed by atoms with E-state index in [0.29, 0.717) is 12.1 Å². The number of rotatable bonds is 7. The third kappa shape index (κ3) is 3.87. The fourth-order valence-electron chi connectivity index (χ4n) is 2.04. The van der Waals surface area contributed by atoms with Crippen molar-refractivity contribution in [2.45, 2.75) is 25.9 Å². The minimum absolute atomic E-state index is 0.0848. The number of aliphatic hydroxyl groups excluding tert-OH is 1. The highest BCUT2D eigenvalue weighted by Gasteiger charge is 2.15. The zero-order valence-electron chi connectivity index (χ0n) is 11.8. The zero-order valence-corrected chi connectivity index (χ0v) is 12.6. The summed E-state index contributed by atoms with van der Waals surface area (Å²) in [6, 6.07) is 10.7. The van der Waals surface area contributed by atoms with Gasteiger partial charge in [0.15, 0.2) is 0 Å². The second-order valence-electron chi connectivity index (χ2n) is 4.71. The molecule has 0 aliphatic carbocycles. The topological polar surface area (TPSA) is 75.4 Å². The molecule has 0 fully saturated rings. The van der Waals surface area contributed by atoms with Gasteiger partial charge in [-0.25, -0.2) is 0 Å². The fraction of sp³-hybridized carbons (Fsp3) is 0.333. The molecule has 21 heavy (non-hydrogen) atoms. The molecule has 5 nitrogen and oxygen atoms in total. The highest BCUT2D eigenvalue weighted by molar-refractivity contribution is 7.15. The van der Waals surface area contributed by atoms with Crippen LogP contribution in [0.5, 0.6) is 0 Å². The number of nitro groups is 1. The summed E-state index contributed by atoms with van der Waals surface area (Å²) in [5.41, 5.74) is 0.772. The van der Waals surface area contributed by atoms with Crippen molar-refractivity contribution in [2.75, 3.05) is 6.61 Å². The molecule has 0 amide bonds. The van der Waals surface area contributed by atoms with Crippen LogP contribution in [0.2, 0.25) is 0 Å². The summed E-state index contributed by atoms with van der Waals surface area (Å²) in [7, 11) is 0. The maximum absolute atomic E-state index is 11.1. The van der Waals surface area contributed by atoms with E-state index in [9.17, 15) is 10.1 Å². The molecule has 1 atom stereocenters. The van der Waals surface area contributed by atoms with Crippen LogP contribution in [-0.2, 0) is 6.54 Å². The monoisotopic (exact) mass is 306 g/mol. The molecule has 0 radical (unpaired) electrons. The number of thiophene rings is 1. The van der Waals surface area contributed by atoms with Gasteiger partial charge in [-0.3, -0.25) is 10.1 Å². The Hall–Kier alpha value is -1.76. The standard InChI is InChI=1S/C15H18N2O3S/c1-2-11(10-18)16-9-12-7-8-15(21-12)13-5-3-4-6-14(13)17(19)20/h3-8,11,16,18H,2,9-10H2,1H3. The predicted octanol–water partition coefficient (Wildman–Crippen LogP) is 3.18. The van der Waals surface area contributed by atoms with Crippen LogP contribution in [-0.4, -0.2) is 22.7 Å². The Balaban J connectivity index is 2.15. The van der Waals surface area contributed by atoms with E-state index < -0.39 is 0 Å². The van der Waals surface area contributed by atoms with Gasteiger partial charge in [0, 0.05) is 28.4 Å². The Kier molecular flexibility index (Phi) is 5.44. The highest BCUT2D eigenvalue weighted by Crippen LogP contribution is 2.34. The summed E-state index contributed by atoms with van der Waals surface area (Å²) >= 11 is 1.53. The van der Waals surface area contributed by atoms with Gasteiger partial charge < -0.3 is 10.4 Å². The minimum Gasteiger partial charge on any atom is -0.395 e. The lowest BCUT2D eigenvalue weighted by Gasteiger charge is -2.12. The highest BCUT2D eigenvalue weighted by atomic mass is 32.1. The lowest BCUT2D eigenvalue weighted by molar-refractivity contribution is -0.384. The summed E-state index contributed by atoms with van der Waals surface area (Å²) in [4.78, 5) is 12.7. The summed E-state index contributed by atoms with van der Waals surface area (Å²) in [5, 5.41) is 23.5. The summed E-state index contributed by atoms with van der Waals surface area (Å²) in [6.07, 6.45) is 0.860. The van der Waals surface area contributed by atoms with E-state index in [1.807, 2.05) is 19.1 Å². The molecule has 6 heteroatoms. The number of benzene rings is 1. The van der Waals surface area contributed by atoms with Crippen molar-refractivity contribution in [2.24, 2.45) is 0 Å². The zero-order chi connectivity index (χ0) is 15.2. The lowest BCUT2D eigenvalue weighted by atomic mass is 10.1. The van der Waals surface area contributed by atoms with E-state index in [2.05, 4.69) is 5.32 Å². The van der Waals surface area contributed by atoms with Crippen LogP contribution >= 0.6 is 11.3 Å². The Morgan fingerprint density at radius 2 is 2.10 bits per heavy atom.